The zero-order valence-electron chi connectivity index (χ0n) is 19.7. The second-order valence-corrected chi connectivity index (χ2v) is 9.10. The van der Waals surface area contributed by atoms with Crippen LogP contribution in [0.2, 0.25) is 0 Å². The van der Waals surface area contributed by atoms with Crippen LogP contribution in [0.1, 0.15) is 44.6 Å². The van der Waals surface area contributed by atoms with Crippen molar-refractivity contribution in [3.8, 4) is 17.4 Å². The Morgan fingerprint density at radius 1 is 1.19 bits per heavy atom. The molecule has 11 heteroatoms. The van der Waals surface area contributed by atoms with Gasteiger partial charge in [0, 0.05) is 18.3 Å². The molecule has 1 aromatic carbocycles. The van der Waals surface area contributed by atoms with E-state index in [0.29, 0.717) is 6.42 Å². The summed E-state index contributed by atoms with van der Waals surface area (Å²) >= 11 is 0. The average molecular weight is 505 g/mol. The second-order valence-electron chi connectivity index (χ2n) is 9.10. The van der Waals surface area contributed by atoms with Crippen LogP contribution in [0.4, 0.5) is 14.6 Å². The third-order valence-corrected chi connectivity index (χ3v) is 6.36. The van der Waals surface area contributed by atoms with Crippen LogP contribution in [0.15, 0.2) is 42.7 Å². The van der Waals surface area contributed by atoms with E-state index in [2.05, 4.69) is 10.4 Å². The molecule has 1 amide bonds. The number of aromatic hydroxyl groups is 1. The molecule has 0 radical (unpaired) electrons. The maximum atomic E-state index is 14.0. The van der Waals surface area contributed by atoms with Gasteiger partial charge in [-0.2, -0.15) is 5.10 Å². The van der Waals surface area contributed by atoms with Gasteiger partial charge in [-0.15, -0.1) is 0 Å². The lowest BCUT2D eigenvalue weighted by Gasteiger charge is -2.27. The number of ether oxygens (including phenoxy) is 1. The first kappa shape index (κ1) is 25.6. The van der Waals surface area contributed by atoms with Crippen LogP contribution in [0.25, 0.3) is 0 Å². The Kier molecular flexibility index (Phi) is 8.21. The van der Waals surface area contributed by atoms with Crippen LogP contribution in [0.5, 0.6) is 17.4 Å². The number of benzene rings is 1. The molecule has 1 fully saturated rings. The van der Waals surface area contributed by atoms with E-state index in [1.54, 1.807) is 12.3 Å². The van der Waals surface area contributed by atoms with E-state index in [-0.39, 0.29) is 29.9 Å². The number of aromatic nitrogens is 3. The van der Waals surface area contributed by atoms with Gasteiger partial charge in [0.1, 0.15) is 11.8 Å². The Balaban J connectivity index is 1.56. The fourth-order valence-electron chi connectivity index (χ4n) is 4.54. The van der Waals surface area contributed by atoms with Crippen LogP contribution in [0, 0.1) is 17.6 Å². The topological polar surface area (TPSA) is 122 Å². The predicted molar refractivity (Wildman–Crippen MR) is 127 cm³/mol. The van der Waals surface area contributed by atoms with Crippen molar-refractivity contribution in [1.29, 1.82) is 0 Å². The van der Waals surface area contributed by atoms with Crippen molar-refractivity contribution in [2.24, 2.45) is 5.92 Å². The first-order valence-corrected chi connectivity index (χ1v) is 12.0. The fourth-order valence-corrected chi connectivity index (χ4v) is 4.54. The van der Waals surface area contributed by atoms with Crippen molar-refractivity contribution in [1.82, 2.24) is 14.3 Å². The number of amides is 1. The van der Waals surface area contributed by atoms with Gasteiger partial charge in [0.05, 0.1) is 25.5 Å². The highest BCUT2D eigenvalue weighted by molar-refractivity contribution is 5.93. The van der Waals surface area contributed by atoms with Crippen molar-refractivity contribution < 1.29 is 33.6 Å². The summed E-state index contributed by atoms with van der Waals surface area (Å²) < 4.78 is 36.2. The monoisotopic (exact) mass is 504 g/mol. The maximum Gasteiger partial charge on any atom is 0.248 e. The zero-order valence-corrected chi connectivity index (χ0v) is 19.7. The Morgan fingerprint density at radius 2 is 1.92 bits per heavy atom. The summed E-state index contributed by atoms with van der Waals surface area (Å²) in [4.78, 5) is 13.4. The molecule has 0 bridgehead atoms. The predicted octanol–water partition coefficient (Wildman–Crippen LogP) is 3.96. The molecule has 194 valence electrons. The second kappa shape index (κ2) is 11.5. The number of carbonyl (C=O) groups is 1. The molecule has 1 saturated carbocycles. The molecule has 0 spiro atoms. The van der Waals surface area contributed by atoms with E-state index < -0.39 is 42.0 Å². The molecule has 4 rings (SSSR count). The van der Waals surface area contributed by atoms with E-state index in [0.717, 1.165) is 44.2 Å². The number of para-hydroxylation sites is 1. The highest BCUT2D eigenvalue weighted by Crippen LogP contribution is 2.37. The Morgan fingerprint density at radius 3 is 2.61 bits per heavy atom. The Hall–Kier alpha value is -3.44. The minimum Gasteiger partial charge on any atom is -0.494 e. The lowest BCUT2D eigenvalue weighted by atomic mass is 9.84. The average Bonchev–Trinajstić information content (AvgIpc) is 3.45. The molecule has 2 aromatic heterocycles. The van der Waals surface area contributed by atoms with Gasteiger partial charge in [-0.05, 0) is 24.5 Å². The normalized spacial score (nSPS) is 16.0. The Labute approximate surface area is 206 Å². The number of carbonyl (C=O) groups excluding carboxylic acids is 1. The number of nitrogens with one attached hydrogen (secondary N) is 1. The molecule has 36 heavy (non-hydrogen) atoms. The van der Waals surface area contributed by atoms with E-state index in [1.165, 1.54) is 27.6 Å². The van der Waals surface area contributed by atoms with Crippen LogP contribution < -0.4 is 10.1 Å². The number of hydrogen-bond acceptors (Lipinski definition) is 6. The van der Waals surface area contributed by atoms with Crippen LogP contribution in [-0.2, 0) is 11.3 Å². The van der Waals surface area contributed by atoms with E-state index in [1.807, 2.05) is 0 Å². The van der Waals surface area contributed by atoms with Gasteiger partial charge >= 0.3 is 0 Å². The largest absolute Gasteiger partial charge is 0.494 e. The number of aliphatic hydroxyl groups excluding tert-OH is 2. The summed E-state index contributed by atoms with van der Waals surface area (Å²) in [6, 6.07) is 5.28. The molecule has 4 N–H and O–H groups in total. The molecule has 0 unspecified atom stereocenters. The zero-order chi connectivity index (χ0) is 25.7. The van der Waals surface area contributed by atoms with E-state index in [9.17, 15) is 23.8 Å². The molecule has 2 atom stereocenters. The number of hydrogen-bond donors (Lipinski definition) is 4. The van der Waals surface area contributed by atoms with Gasteiger partial charge in [-0.1, -0.05) is 38.2 Å². The lowest BCUT2D eigenvalue weighted by molar-refractivity contribution is -0.120. The summed E-state index contributed by atoms with van der Waals surface area (Å²) in [5.74, 6) is -2.59. The van der Waals surface area contributed by atoms with Gasteiger partial charge in [-0.25, -0.2) is 8.78 Å². The summed E-state index contributed by atoms with van der Waals surface area (Å²) in [6.07, 6.45) is 7.58. The van der Waals surface area contributed by atoms with Gasteiger partial charge < -0.3 is 29.9 Å². The molecule has 1 aliphatic rings. The van der Waals surface area contributed by atoms with Crippen LogP contribution >= 0.6 is 0 Å². The van der Waals surface area contributed by atoms with Gasteiger partial charge in [0.15, 0.2) is 29.1 Å². The molecule has 9 nitrogen and oxygen atoms in total. The first-order valence-electron chi connectivity index (χ1n) is 12.0. The van der Waals surface area contributed by atoms with Crippen molar-refractivity contribution in [3.05, 3.63) is 54.4 Å². The number of halogens is 2. The van der Waals surface area contributed by atoms with E-state index in [4.69, 9.17) is 9.84 Å². The van der Waals surface area contributed by atoms with Crippen molar-refractivity contribution in [3.63, 3.8) is 0 Å². The molecule has 2 heterocycles. The third-order valence-electron chi connectivity index (χ3n) is 6.36. The van der Waals surface area contributed by atoms with E-state index >= 15 is 0 Å². The number of anilines is 1. The fraction of sp³-hybridized carbons (Fsp3) is 0.440. The minimum absolute atomic E-state index is 0.0137. The highest BCUT2D eigenvalue weighted by atomic mass is 19.1. The Bertz CT molecular complexity index is 1150. The van der Waals surface area contributed by atoms with Gasteiger partial charge in [0.2, 0.25) is 5.91 Å². The summed E-state index contributed by atoms with van der Waals surface area (Å²) in [5, 5.41) is 36.2. The van der Waals surface area contributed by atoms with Crippen LogP contribution in [-0.4, -0.2) is 48.3 Å². The van der Waals surface area contributed by atoms with Crippen molar-refractivity contribution >= 4 is 11.7 Å². The molecule has 0 aliphatic heterocycles. The van der Waals surface area contributed by atoms with Crippen molar-refractivity contribution in [2.45, 2.75) is 57.2 Å². The molecular weight excluding hydrogens is 474 g/mol. The quantitative estimate of drug-likeness (QED) is 0.332. The standard InChI is InChI=1S/C25H30F2N4O5/c26-19-7-4-8-20(27)24(19)36-18-12-23(34)31(14-18)21(11-16-5-2-1-3-6-16)25(35)28-22-9-10-30(29-22)13-17(33)15-32/h4,7-10,12,14,16-17,21,32-34H,1-3,5-6,11,13,15H2,(H,28,29,35)/t17-,21-/m0/s1. The van der Waals surface area contributed by atoms with Crippen molar-refractivity contribution in [2.75, 3.05) is 11.9 Å². The smallest absolute Gasteiger partial charge is 0.248 e. The third kappa shape index (κ3) is 6.21. The molecule has 1 aliphatic carbocycles. The number of aliphatic hydroxyl groups is 2. The maximum absolute atomic E-state index is 14.0. The summed E-state index contributed by atoms with van der Waals surface area (Å²) in [6.45, 7) is -0.358. The molecular formula is C25H30F2N4O5. The number of rotatable bonds is 10. The van der Waals surface area contributed by atoms with Gasteiger partial charge in [-0.3, -0.25) is 9.48 Å². The van der Waals surface area contributed by atoms with Crippen LogP contribution in [0.3, 0.4) is 0 Å². The summed E-state index contributed by atoms with van der Waals surface area (Å²) in [5.41, 5.74) is 0. The SMILES string of the molecule is O=C(Nc1ccn(C[C@H](O)CO)n1)[C@H](CC1CCCCC1)n1cc(Oc2c(F)cccc2F)cc1O. The molecule has 0 saturated heterocycles. The molecule has 3 aromatic rings. The lowest BCUT2D eigenvalue weighted by Crippen LogP contribution is -2.28. The summed E-state index contributed by atoms with van der Waals surface area (Å²) in [7, 11) is 0. The minimum atomic E-state index is -0.984. The first-order chi connectivity index (χ1) is 17.3. The highest BCUT2D eigenvalue weighted by Gasteiger charge is 2.29. The van der Waals surface area contributed by atoms with Gasteiger partial charge in [0.25, 0.3) is 0 Å². The number of nitrogens with zero attached hydrogens (tertiary/aromatic N) is 3.